The lowest BCUT2D eigenvalue weighted by Crippen LogP contribution is -2.33. The molecule has 162 valence electrons. The fraction of sp³-hybridized carbons (Fsp3) is 0.267. The predicted molar refractivity (Wildman–Crippen MR) is 142 cm³/mol. The van der Waals surface area contributed by atoms with E-state index < -0.39 is 6.89 Å². The third-order valence-electron chi connectivity index (χ3n) is 6.48. The van der Waals surface area contributed by atoms with Gasteiger partial charge in [-0.2, -0.15) is 5.26 Å². The molecule has 1 aliphatic heterocycles. The van der Waals surface area contributed by atoms with E-state index in [0.717, 1.165) is 11.7 Å². The highest BCUT2D eigenvalue weighted by atomic mass is 31.2. The van der Waals surface area contributed by atoms with Gasteiger partial charge in [-0.1, -0.05) is 124 Å². The van der Waals surface area contributed by atoms with E-state index in [4.69, 9.17) is 0 Å². The van der Waals surface area contributed by atoms with Crippen LogP contribution in [0.1, 0.15) is 57.4 Å². The quantitative estimate of drug-likeness (QED) is 0.266. The minimum atomic E-state index is -2.21. The van der Waals surface area contributed by atoms with E-state index in [-0.39, 0.29) is 0 Å². The van der Waals surface area contributed by atoms with E-state index in [1.165, 1.54) is 65.6 Å². The number of unbranched alkanes of at least 4 members (excludes halogenated alkanes) is 5. The van der Waals surface area contributed by atoms with Crippen molar-refractivity contribution < 1.29 is 0 Å². The molecule has 0 spiro atoms. The maximum Gasteiger partial charge on any atom is 0.100 e. The molecular weight excluding hydrogens is 405 g/mol. The zero-order valence-corrected chi connectivity index (χ0v) is 19.9. The van der Waals surface area contributed by atoms with Gasteiger partial charge in [-0.15, -0.1) is 0 Å². The molecule has 0 saturated heterocycles. The van der Waals surface area contributed by atoms with Gasteiger partial charge in [0.2, 0.25) is 0 Å². The molecule has 32 heavy (non-hydrogen) atoms. The number of fused-ring (bicyclic) bond motifs is 1. The average Bonchev–Trinajstić information content (AvgIpc) is 2.86. The molecule has 1 nitrogen and oxygen atoms in total. The first-order valence-electron chi connectivity index (χ1n) is 11.9. The number of nitriles is 1. The normalized spacial score (nSPS) is 14.4. The van der Waals surface area contributed by atoms with Crippen LogP contribution >= 0.6 is 6.89 Å². The number of allylic oxidation sites excluding steroid dienone is 2. The van der Waals surface area contributed by atoms with Gasteiger partial charge in [-0.05, 0) is 52.9 Å². The standard InChI is InChI=1S/C30H32NP/c1-2-3-4-5-6-9-16-25-23-28(24-31)32(26-17-10-7-11-18-26,27-19-12-8-13-20-27)30-22-15-14-21-29(25)30/h7-8,10-15,17-23H,2-6,9,16H2,1H3. The van der Waals surface area contributed by atoms with Gasteiger partial charge in [0.1, 0.15) is 6.07 Å². The second kappa shape index (κ2) is 10.7. The van der Waals surface area contributed by atoms with Crippen molar-refractivity contribution in [2.24, 2.45) is 0 Å². The molecule has 4 rings (SSSR count). The van der Waals surface area contributed by atoms with Gasteiger partial charge >= 0.3 is 0 Å². The molecule has 3 aromatic rings. The Hall–Kier alpha value is -2.81. The van der Waals surface area contributed by atoms with E-state index in [1.807, 2.05) is 0 Å². The maximum absolute atomic E-state index is 10.5. The van der Waals surface area contributed by atoms with Crippen molar-refractivity contribution in [3.8, 4) is 6.07 Å². The largest absolute Gasteiger partial charge is 0.192 e. The maximum atomic E-state index is 10.5. The molecule has 2 heteroatoms. The van der Waals surface area contributed by atoms with Crippen LogP contribution in [-0.4, -0.2) is 5.29 Å². The monoisotopic (exact) mass is 437 g/mol. The smallest absolute Gasteiger partial charge is 0.100 e. The second-order valence-electron chi connectivity index (χ2n) is 8.54. The summed E-state index contributed by atoms with van der Waals surface area (Å²) in [6.07, 6.45) is 11.0. The summed E-state index contributed by atoms with van der Waals surface area (Å²) in [6, 6.07) is 32.9. The van der Waals surface area contributed by atoms with Crippen LogP contribution in [0.2, 0.25) is 0 Å². The van der Waals surface area contributed by atoms with Crippen molar-refractivity contribution in [1.82, 2.24) is 0 Å². The molecule has 0 bridgehead atoms. The van der Waals surface area contributed by atoms with E-state index in [1.54, 1.807) is 0 Å². The molecular formula is C30H32NP. The van der Waals surface area contributed by atoms with Gasteiger partial charge in [0.25, 0.3) is 0 Å². The zero-order chi connectivity index (χ0) is 22.2. The zero-order valence-electron chi connectivity index (χ0n) is 19.0. The van der Waals surface area contributed by atoms with Crippen LogP contribution in [-0.2, 0) is 0 Å². The lowest BCUT2D eigenvalue weighted by Gasteiger charge is -2.35. The van der Waals surface area contributed by atoms with Crippen molar-refractivity contribution in [2.45, 2.75) is 51.9 Å². The Kier molecular flexibility index (Phi) is 7.47. The first kappa shape index (κ1) is 22.4. The Morgan fingerprint density at radius 1 is 0.688 bits per heavy atom. The Morgan fingerprint density at radius 2 is 1.25 bits per heavy atom. The molecule has 1 heterocycles. The van der Waals surface area contributed by atoms with Crippen LogP contribution in [0.3, 0.4) is 0 Å². The van der Waals surface area contributed by atoms with Crippen LogP contribution in [0.15, 0.2) is 91.0 Å². The molecule has 3 aromatic carbocycles. The van der Waals surface area contributed by atoms with Gasteiger partial charge in [0, 0.05) is 0 Å². The van der Waals surface area contributed by atoms with Crippen LogP contribution < -0.4 is 15.9 Å². The Morgan fingerprint density at radius 3 is 1.88 bits per heavy atom. The van der Waals surface area contributed by atoms with Crippen molar-refractivity contribution in [2.75, 3.05) is 0 Å². The molecule has 0 amide bonds. The third kappa shape index (κ3) is 4.26. The molecule has 0 atom stereocenters. The summed E-state index contributed by atoms with van der Waals surface area (Å²) in [5.74, 6) is 0. The SMILES string of the molecule is CCCCCCCCC1=CC(C#N)=P(c2ccccc2)(c2ccccc2)c2ccccc21. The highest BCUT2D eigenvalue weighted by Gasteiger charge is 2.34. The minimum absolute atomic E-state index is 0.926. The molecule has 0 unspecified atom stereocenters. The van der Waals surface area contributed by atoms with Gasteiger partial charge in [-0.25, -0.2) is 0 Å². The van der Waals surface area contributed by atoms with Crippen LogP contribution in [0.4, 0.5) is 0 Å². The third-order valence-corrected chi connectivity index (χ3v) is 10.7. The van der Waals surface area contributed by atoms with Crippen molar-refractivity contribution in [3.63, 3.8) is 0 Å². The first-order valence-corrected chi connectivity index (χ1v) is 13.7. The lowest BCUT2D eigenvalue weighted by molar-refractivity contribution is 0.613. The fourth-order valence-corrected chi connectivity index (χ4v) is 9.22. The van der Waals surface area contributed by atoms with E-state index >= 15 is 0 Å². The molecule has 0 N–H and O–H groups in total. The lowest BCUT2D eigenvalue weighted by atomic mass is 9.97. The van der Waals surface area contributed by atoms with Gasteiger partial charge in [-0.3, -0.25) is 0 Å². The summed E-state index contributed by atoms with van der Waals surface area (Å²) in [4.78, 5) is 0. The Labute approximate surface area is 193 Å². The Balaban J connectivity index is 1.87. The summed E-state index contributed by atoms with van der Waals surface area (Å²) >= 11 is 0. The molecule has 0 aliphatic carbocycles. The number of benzene rings is 3. The van der Waals surface area contributed by atoms with E-state index in [0.29, 0.717) is 0 Å². The van der Waals surface area contributed by atoms with Crippen LogP contribution in [0.5, 0.6) is 0 Å². The van der Waals surface area contributed by atoms with Gasteiger partial charge in [0.05, 0.1) is 5.29 Å². The molecule has 0 radical (unpaired) electrons. The Bertz CT molecular complexity index is 1120. The number of rotatable bonds is 9. The van der Waals surface area contributed by atoms with Crippen molar-refractivity contribution in [1.29, 1.82) is 5.26 Å². The number of hydrogen-bond acceptors (Lipinski definition) is 1. The van der Waals surface area contributed by atoms with Gasteiger partial charge in [0.15, 0.2) is 0 Å². The summed E-state index contributed by atoms with van der Waals surface area (Å²) in [6.45, 7) is 0.0546. The van der Waals surface area contributed by atoms with Gasteiger partial charge < -0.3 is 0 Å². The van der Waals surface area contributed by atoms with E-state index in [9.17, 15) is 5.26 Å². The molecule has 1 aliphatic rings. The summed E-state index contributed by atoms with van der Waals surface area (Å²) in [5.41, 5.74) is 2.66. The highest BCUT2D eigenvalue weighted by Crippen LogP contribution is 2.50. The minimum Gasteiger partial charge on any atom is -0.192 e. The van der Waals surface area contributed by atoms with Crippen molar-refractivity contribution >= 4 is 33.7 Å². The molecule has 0 fully saturated rings. The second-order valence-corrected chi connectivity index (χ2v) is 11.9. The number of nitrogens with zero attached hydrogens (tertiary/aromatic N) is 1. The summed E-state index contributed by atoms with van der Waals surface area (Å²) < 4.78 is 0. The molecule has 0 aromatic heterocycles. The van der Waals surface area contributed by atoms with Crippen LogP contribution in [0.25, 0.3) is 5.57 Å². The van der Waals surface area contributed by atoms with Crippen LogP contribution in [0, 0.1) is 11.3 Å². The summed E-state index contributed by atoms with van der Waals surface area (Å²) in [7, 11) is 0. The highest BCUT2D eigenvalue weighted by molar-refractivity contribution is 7.96. The fourth-order valence-electron chi connectivity index (χ4n) is 4.93. The predicted octanol–water partition coefficient (Wildman–Crippen LogP) is 6.82. The van der Waals surface area contributed by atoms with E-state index in [2.05, 4.69) is 104 Å². The number of hydrogen-bond donors (Lipinski definition) is 0. The summed E-state index contributed by atoms with van der Waals surface area (Å²) in [5, 5.41) is 15.2. The average molecular weight is 438 g/mol. The molecule has 0 saturated carbocycles. The topological polar surface area (TPSA) is 23.8 Å². The van der Waals surface area contributed by atoms with Crippen molar-refractivity contribution in [3.05, 3.63) is 96.6 Å². The first-order chi connectivity index (χ1) is 15.8.